The maximum absolute atomic E-state index is 12.6. The van der Waals surface area contributed by atoms with Crippen LogP contribution in [0.2, 0.25) is 0 Å². The standard InChI is InChI=1S/C20H20N4O2/c1-12-9-22-18(11-21-12)20(26)24-19(14-7-16(25)8-14)15-6-13-4-2-3-5-17(13)23-10-15/h2-6,9-11,14,16,19,25H,7-8H2,1H3,(H,24,26)/t14?,16?,19-/m1/s1. The summed E-state index contributed by atoms with van der Waals surface area (Å²) in [6.07, 6.45) is 5.89. The van der Waals surface area contributed by atoms with E-state index in [2.05, 4.69) is 26.3 Å². The average Bonchev–Trinajstić information content (AvgIpc) is 2.64. The first-order valence-electron chi connectivity index (χ1n) is 8.72. The highest BCUT2D eigenvalue weighted by Crippen LogP contribution is 2.38. The Morgan fingerprint density at radius 2 is 1.96 bits per heavy atom. The van der Waals surface area contributed by atoms with Gasteiger partial charge < -0.3 is 10.4 Å². The highest BCUT2D eigenvalue weighted by molar-refractivity contribution is 5.92. The van der Waals surface area contributed by atoms with Gasteiger partial charge in [0.2, 0.25) is 0 Å². The first kappa shape index (κ1) is 16.6. The second kappa shape index (κ2) is 6.80. The van der Waals surface area contributed by atoms with Crippen molar-refractivity contribution in [3.63, 3.8) is 0 Å². The highest BCUT2D eigenvalue weighted by Gasteiger charge is 2.36. The predicted octanol–water partition coefficient (Wildman–Crippen LogP) is 2.58. The van der Waals surface area contributed by atoms with Crippen LogP contribution in [-0.2, 0) is 0 Å². The Bertz CT molecular complexity index is 936. The van der Waals surface area contributed by atoms with Crippen molar-refractivity contribution in [3.05, 3.63) is 65.9 Å². The van der Waals surface area contributed by atoms with Gasteiger partial charge in [0.15, 0.2) is 0 Å². The van der Waals surface area contributed by atoms with Crippen molar-refractivity contribution in [2.75, 3.05) is 0 Å². The fraction of sp³-hybridized carbons (Fsp3) is 0.300. The molecule has 3 aromatic rings. The lowest BCUT2D eigenvalue weighted by Gasteiger charge is -2.38. The molecule has 1 atom stereocenters. The number of para-hydroxylation sites is 1. The molecule has 1 aliphatic carbocycles. The summed E-state index contributed by atoms with van der Waals surface area (Å²) in [6.45, 7) is 1.83. The van der Waals surface area contributed by atoms with Gasteiger partial charge in [-0.25, -0.2) is 4.98 Å². The van der Waals surface area contributed by atoms with Crippen molar-refractivity contribution in [3.8, 4) is 0 Å². The molecular weight excluding hydrogens is 328 g/mol. The SMILES string of the molecule is Cc1cnc(C(=O)N[C@@H](c2cnc3ccccc3c2)C2CC(O)C2)cn1. The van der Waals surface area contributed by atoms with Gasteiger partial charge in [0.1, 0.15) is 5.69 Å². The number of aliphatic hydroxyl groups excluding tert-OH is 1. The molecule has 1 fully saturated rings. The van der Waals surface area contributed by atoms with Crippen LogP contribution < -0.4 is 5.32 Å². The molecule has 1 aromatic carbocycles. The summed E-state index contributed by atoms with van der Waals surface area (Å²) in [5, 5.41) is 13.8. The predicted molar refractivity (Wildman–Crippen MR) is 97.5 cm³/mol. The van der Waals surface area contributed by atoms with Crippen molar-refractivity contribution < 1.29 is 9.90 Å². The van der Waals surface area contributed by atoms with Crippen molar-refractivity contribution in [1.29, 1.82) is 0 Å². The third kappa shape index (κ3) is 3.28. The van der Waals surface area contributed by atoms with Gasteiger partial charge in [-0.1, -0.05) is 18.2 Å². The molecule has 1 amide bonds. The van der Waals surface area contributed by atoms with Crippen LogP contribution in [-0.4, -0.2) is 32.1 Å². The molecule has 0 aliphatic heterocycles. The van der Waals surface area contributed by atoms with E-state index < -0.39 is 0 Å². The minimum atomic E-state index is -0.299. The van der Waals surface area contributed by atoms with Gasteiger partial charge in [0.05, 0.1) is 29.6 Å². The van der Waals surface area contributed by atoms with Crippen molar-refractivity contribution >= 4 is 16.8 Å². The lowest BCUT2D eigenvalue weighted by atomic mass is 9.75. The summed E-state index contributed by atoms with van der Waals surface area (Å²) in [4.78, 5) is 25.4. The number of benzene rings is 1. The van der Waals surface area contributed by atoms with E-state index in [0.29, 0.717) is 12.8 Å². The minimum Gasteiger partial charge on any atom is -0.393 e. The topological polar surface area (TPSA) is 88.0 Å². The Balaban J connectivity index is 1.63. The zero-order valence-electron chi connectivity index (χ0n) is 14.5. The normalized spacial score (nSPS) is 20.4. The van der Waals surface area contributed by atoms with Crippen LogP contribution in [0, 0.1) is 12.8 Å². The van der Waals surface area contributed by atoms with Crippen LogP contribution >= 0.6 is 0 Å². The van der Waals surface area contributed by atoms with Crippen LogP contribution in [0.25, 0.3) is 10.9 Å². The van der Waals surface area contributed by atoms with Crippen molar-refractivity contribution in [1.82, 2.24) is 20.3 Å². The van der Waals surface area contributed by atoms with Crippen LogP contribution in [0.3, 0.4) is 0 Å². The molecule has 0 saturated heterocycles. The zero-order valence-corrected chi connectivity index (χ0v) is 14.5. The fourth-order valence-electron chi connectivity index (χ4n) is 3.36. The number of carbonyl (C=O) groups excluding carboxylic acids is 1. The fourth-order valence-corrected chi connectivity index (χ4v) is 3.36. The first-order valence-corrected chi connectivity index (χ1v) is 8.72. The van der Waals surface area contributed by atoms with E-state index in [4.69, 9.17) is 0 Å². The van der Waals surface area contributed by atoms with E-state index in [9.17, 15) is 9.90 Å². The molecule has 6 nitrogen and oxygen atoms in total. The molecule has 2 aromatic heterocycles. The van der Waals surface area contributed by atoms with Crippen LogP contribution in [0.5, 0.6) is 0 Å². The maximum atomic E-state index is 12.6. The Morgan fingerprint density at radius 1 is 1.15 bits per heavy atom. The molecule has 132 valence electrons. The zero-order chi connectivity index (χ0) is 18.1. The summed E-state index contributed by atoms with van der Waals surface area (Å²) < 4.78 is 0. The molecule has 2 heterocycles. The number of aromatic nitrogens is 3. The van der Waals surface area contributed by atoms with Gasteiger partial charge in [0, 0.05) is 17.8 Å². The van der Waals surface area contributed by atoms with E-state index in [1.165, 1.54) is 6.20 Å². The summed E-state index contributed by atoms with van der Waals surface area (Å²) in [5.41, 5.74) is 2.90. The molecule has 4 rings (SSSR count). The summed E-state index contributed by atoms with van der Waals surface area (Å²) in [6, 6.07) is 9.72. The third-order valence-corrected chi connectivity index (χ3v) is 4.89. The molecular formula is C20H20N4O2. The molecule has 6 heteroatoms. The number of nitrogens with one attached hydrogen (secondary N) is 1. The Labute approximate surface area is 151 Å². The number of hydrogen-bond acceptors (Lipinski definition) is 5. The monoisotopic (exact) mass is 348 g/mol. The molecule has 0 bridgehead atoms. The number of fused-ring (bicyclic) bond motifs is 1. The second-order valence-electron chi connectivity index (χ2n) is 6.84. The molecule has 1 saturated carbocycles. The summed E-state index contributed by atoms with van der Waals surface area (Å²) in [5.74, 6) is -0.0904. The van der Waals surface area contributed by atoms with Crippen LogP contribution in [0.4, 0.5) is 0 Å². The Morgan fingerprint density at radius 3 is 2.69 bits per heavy atom. The number of aryl methyl sites for hydroxylation is 1. The van der Waals surface area contributed by atoms with E-state index in [1.54, 1.807) is 12.4 Å². The number of pyridine rings is 1. The van der Waals surface area contributed by atoms with Gasteiger partial charge >= 0.3 is 0 Å². The van der Waals surface area contributed by atoms with Crippen molar-refractivity contribution in [2.24, 2.45) is 5.92 Å². The lowest BCUT2D eigenvalue weighted by molar-refractivity contribution is 0.0234. The molecule has 26 heavy (non-hydrogen) atoms. The molecule has 2 N–H and O–H groups in total. The number of aliphatic hydroxyl groups is 1. The number of rotatable bonds is 4. The summed E-state index contributed by atoms with van der Waals surface area (Å²) in [7, 11) is 0. The van der Waals surface area contributed by atoms with Gasteiger partial charge in [-0.3, -0.25) is 14.8 Å². The van der Waals surface area contributed by atoms with Gasteiger partial charge in [-0.15, -0.1) is 0 Å². The summed E-state index contributed by atoms with van der Waals surface area (Å²) >= 11 is 0. The Hall–Kier alpha value is -2.86. The van der Waals surface area contributed by atoms with E-state index >= 15 is 0 Å². The molecule has 0 unspecified atom stereocenters. The molecule has 0 radical (unpaired) electrons. The van der Waals surface area contributed by atoms with Crippen molar-refractivity contribution in [2.45, 2.75) is 31.9 Å². The molecule has 0 spiro atoms. The van der Waals surface area contributed by atoms with Gasteiger partial charge in [-0.05, 0) is 43.4 Å². The lowest BCUT2D eigenvalue weighted by Crippen LogP contribution is -2.41. The average molecular weight is 348 g/mol. The second-order valence-corrected chi connectivity index (χ2v) is 6.84. The van der Waals surface area contributed by atoms with Crippen LogP contribution in [0.1, 0.15) is 40.6 Å². The van der Waals surface area contributed by atoms with Gasteiger partial charge in [0.25, 0.3) is 5.91 Å². The van der Waals surface area contributed by atoms with Crippen LogP contribution in [0.15, 0.2) is 48.9 Å². The number of hydrogen-bond donors (Lipinski definition) is 2. The number of nitrogens with zero attached hydrogens (tertiary/aromatic N) is 3. The third-order valence-electron chi connectivity index (χ3n) is 4.89. The van der Waals surface area contributed by atoms with E-state index in [0.717, 1.165) is 22.2 Å². The van der Waals surface area contributed by atoms with Gasteiger partial charge in [-0.2, -0.15) is 0 Å². The quantitative estimate of drug-likeness (QED) is 0.756. The smallest absolute Gasteiger partial charge is 0.271 e. The maximum Gasteiger partial charge on any atom is 0.271 e. The Kier molecular flexibility index (Phi) is 4.34. The number of amides is 1. The molecule has 1 aliphatic rings. The number of carbonyl (C=O) groups is 1. The van der Waals surface area contributed by atoms with E-state index in [-0.39, 0.29) is 29.7 Å². The first-order chi connectivity index (χ1) is 12.6. The van der Waals surface area contributed by atoms with E-state index in [1.807, 2.05) is 31.2 Å². The highest BCUT2D eigenvalue weighted by atomic mass is 16.3. The minimum absolute atomic E-state index is 0.176. The largest absolute Gasteiger partial charge is 0.393 e.